The molecule has 1 saturated carbocycles. The molecule has 0 unspecified atom stereocenters. The molecule has 21 heavy (non-hydrogen) atoms. The Bertz CT molecular complexity index is 391. The van der Waals surface area contributed by atoms with Crippen LogP contribution in [0.15, 0.2) is 0 Å². The number of carbonyl (C=O) groups excluding carboxylic acids is 1. The topological polar surface area (TPSA) is 66.0 Å². The lowest BCUT2D eigenvalue weighted by Gasteiger charge is -2.45. The van der Waals surface area contributed by atoms with Gasteiger partial charge in [-0.25, -0.2) is 4.79 Å². The first kappa shape index (κ1) is 15.2. The summed E-state index contributed by atoms with van der Waals surface area (Å²) in [7, 11) is 1.42. The van der Waals surface area contributed by atoms with Gasteiger partial charge < -0.3 is 18.9 Å². The van der Waals surface area contributed by atoms with Gasteiger partial charge in [-0.15, -0.1) is 0 Å². The molecule has 1 aliphatic carbocycles. The lowest BCUT2D eigenvalue weighted by atomic mass is 9.73. The van der Waals surface area contributed by atoms with Crippen LogP contribution in [0.25, 0.3) is 0 Å². The van der Waals surface area contributed by atoms with Gasteiger partial charge in [-0.2, -0.15) is 0 Å². The van der Waals surface area contributed by atoms with E-state index in [1.54, 1.807) is 0 Å². The van der Waals surface area contributed by atoms with Crippen molar-refractivity contribution in [2.75, 3.05) is 40.1 Å². The molecule has 2 saturated heterocycles. The Hall–Kier alpha value is -0.690. The summed E-state index contributed by atoms with van der Waals surface area (Å²) < 4.78 is 21.6. The van der Waals surface area contributed by atoms with Crippen molar-refractivity contribution < 1.29 is 23.7 Å². The van der Waals surface area contributed by atoms with Crippen molar-refractivity contribution in [3.63, 3.8) is 0 Å². The van der Waals surface area contributed by atoms with E-state index < -0.39 is 5.54 Å². The highest BCUT2D eigenvalue weighted by molar-refractivity contribution is 5.82. The Morgan fingerprint density at radius 2 is 1.76 bits per heavy atom. The molecule has 1 spiro atoms. The number of carbonyl (C=O) groups is 1. The molecule has 0 bridgehead atoms. The smallest absolute Gasteiger partial charge is 0.330 e. The summed E-state index contributed by atoms with van der Waals surface area (Å²) in [6.07, 6.45) is 3.90. The summed E-state index contributed by atoms with van der Waals surface area (Å²) in [6, 6.07) is 0. The molecule has 2 aliphatic heterocycles. The molecule has 0 aromatic heterocycles. The van der Waals surface area contributed by atoms with Gasteiger partial charge in [0.1, 0.15) is 0 Å². The maximum Gasteiger partial charge on any atom is 0.330 e. The van der Waals surface area contributed by atoms with Gasteiger partial charge in [-0.1, -0.05) is 6.92 Å². The van der Waals surface area contributed by atoms with Crippen molar-refractivity contribution in [3.8, 4) is 0 Å². The summed E-state index contributed by atoms with van der Waals surface area (Å²) in [5, 5.41) is 3.39. The highest BCUT2D eigenvalue weighted by atomic mass is 16.7. The molecule has 1 N–H and O–H groups in total. The van der Waals surface area contributed by atoms with Crippen molar-refractivity contribution in [2.45, 2.75) is 43.9 Å². The first-order chi connectivity index (χ1) is 10.0. The number of hydrogen-bond donors (Lipinski definition) is 1. The van der Waals surface area contributed by atoms with Gasteiger partial charge in [0, 0.05) is 19.4 Å². The maximum atomic E-state index is 11.9. The van der Waals surface area contributed by atoms with Crippen molar-refractivity contribution in [1.82, 2.24) is 5.32 Å². The fourth-order valence-electron chi connectivity index (χ4n) is 3.37. The summed E-state index contributed by atoms with van der Waals surface area (Å²) >= 11 is 0. The number of ether oxygens (including phenoxy) is 4. The van der Waals surface area contributed by atoms with Crippen LogP contribution in [-0.4, -0.2) is 57.4 Å². The highest BCUT2D eigenvalue weighted by Gasteiger charge is 2.49. The minimum absolute atomic E-state index is 0.150. The van der Waals surface area contributed by atoms with E-state index in [0.717, 1.165) is 32.2 Å². The zero-order valence-electron chi connectivity index (χ0n) is 12.9. The highest BCUT2D eigenvalue weighted by Crippen LogP contribution is 2.44. The van der Waals surface area contributed by atoms with Crippen molar-refractivity contribution in [3.05, 3.63) is 0 Å². The molecule has 6 heteroatoms. The van der Waals surface area contributed by atoms with E-state index in [4.69, 9.17) is 18.9 Å². The van der Waals surface area contributed by atoms with Crippen LogP contribution in [-0.2, 0) is 23.7 Å². The SMILES string of the molecule is COC(=O)C1(NCC2(C)CCC3(CC2)OCCO3)COC1. The second-order valence-electron chi connectivity index (χ2n) is 6.84. The van der Waals surface area contributed by atoms with Crippen molar-refractivity contribution >= 4 is 5.97 Å². The fraction of sp³-hybridized carbons (Fsp3) is 0.933. The second-order valence-corrected chi connectivity index (χ2v) is 6.84. The lowest BCUT2D eigenvalue weighted by Crippen LogP contribution is -2.67. The summed E-state index contributed by atoms with van der Waals surface area (Å²) in [5.74, 6) is -0.564. The van der Waals surface area contributed by atoms with Crippen LogP contribution in [0.4, 0.5) is 0 Å². The predicted molar refractivity (Wildman–Crippen MR) is 74.8 cm³/mol. The van der Waals surface area contributed by atoms with Crippen molar-refractivity contribution in [1.29, 1.82) is 0 Å². The number of hydrogen-bond acceptors (Lipinski definition) is 6. The molecule has 0 amide bonds. The van der Waals surface area contributed by atoms with Gasteiger partial charge in [0.25, 0.3) is 0 Å². The Morgan fingerprint density at radius 1 is 1.14 bits per heavy atom. The monoisotopic (exact) mass is 299 g/mol. The van der Waals surface area contributed by atoms with Gasteiger partial charge in [-0.3, -0.25) is 5.32 Å². The third-order valence-electron chi connectivity index (χ3n) is 5.16. The quantitative estimate of drug-likeness (QED) is 0.776. The fourth-order valence-corrected chi connectivity index (χ4v) is 3.37. The third-order valence-corrected chi connectivity index (χ3v) is 5.16. The van der Waals surface area contributed by atoms with Crippen LogP contribution >= 0.6 is 0 Å². The van der Waals surface area contributed by atoms with Gasteiger partial charge in [0.05, 0.1) is 33.5 Å². The lowest BCUT2D eigenvalue weighted by molar-refractivity contribution is -0.192. The molecule has 6 nitrogen and oxygen atoms in total. The van der Waals surface area contributed by atoms with Gasteiger partial charge in [0.15, 0.2) is 11.3 Å². The van der Waals surface area contributed by atoms with Gasteiger partial charge in [0.2, 0.25) is 0 Å². The number of rotatable bonds is 4. The number of esters is 1. The van der Waals surface area contributed by atoms with E-state index in [-0.39, 0.29) is 17.2 Å². The van der Waals surface area contributed by atoms with Crippen LogP contribution in [0, 0.1) is 5.41 Å². The Balaban J connectivity index is 1.54. The van der Waals surface area contributed by atoms with Gasteiger partial charge in [-0.05, 0) is 18.3 Å². The van der Waals surface area contributed by atoms with Crippen LogP contribution in [0.3, 0.4) is 0 Å². The Labute approximate surface area is 125 Å². The predicted octanol–water partition coefficient (Wildman–Crippen LogP) is 0.841. The minimum Gasteiger partial charge on any atom is -0.468 e. The molecule has 3 rings (SSSR count). The first-order valence-electron chi connectivity index (χ1n) is 7.71. The second kappa shape index (κ2) is 5.50. The average Bonchev–Trinajstić information content (AvgIpc) is 2.90. The molecule has 3 fully saturated rings. The minimum atomic E-state index is -0.646. The summed E-state index contributed by atoms with van der Waals surface area (Å²) in [5.41, 5.74) is -0.496. The maximum absolute atomic E-state index is 11.9. The molecule has 0 atom stereocenters. The van der Waals surface area contributed by atoms with Gasteiger partial charge >= 0.3 is 5.97 Å². The van der Waals surface area contributed by atoms with E-state index in [9.17, 15) is 4.79 Å². The summed E-state index contributed by atoms with van der Waals surface area (Å²) in [6.45, 7) is 5.24. The normalized spacial score (nSPS) is 29.0. The standard InChI is InChI=1S/C15H25NO5/c1-13(3-5-15(6-4-13)20-7-8-21-15)9-16-14(10-19-11-14)12(17)18-2/h16H,3-11H2,1-2H3. The zero-order valence-corrected chi connectivity index (χ0v) is 12.9. The van der Waals surface area contributed by atoms with E-state index in [1.807, 2.05) is 0 Å². The van der Waals surface area contributed by atoms with Crippen LogP contribution in [0.2, 0.25) is 0 Å². The molecule has 120 valence electrons. The molecule has 2 heterocycles. The Morgan fingerprint density at radius 3 is 2.24 bits per heavy atom. The summed E-state index contributed by atoms with van der Waals surface area (Å²) in [4.78, 5) is 11.9. The number of methoxy groups -OCH3 is 1. The molecule has 3 aliphatic rings. The molecule has 0 radical (unpaired) electrons. The average molecular weight is 299 g/mol. The Kier molecular flexibility index (Phi) is 3.98. The van der Waals surface area contributed by atoms with E-state index >= 15 is 0 Å². The first-order valence-corrected chi connectivity index (χ1v) is 7.71. The number of nitrogens with one attached hydrogen (secondary N) is 1. The van der Waals surface area contributed by atoms with E-state index in [1.165, 1.54) is 7.11 Å². The van der Waals surface area contributed by atoms with Crippen LogP contribution in [0.5, 0.6) is 0 Å². The zero-order chi connectivity index (χ0) is 15.0. The third kappa shape index (κ3) is 2.82. The molecule has 0 aromatic carbocycles. The van der Waals surface area contributed by atoms with E-state index in [0.29, 0.717) is 26.4 Å². The molecule has 0 aromatic rings. The largest absolute Gasteiger partial charge is 0.468 e. The van der Waals surface area contributed by atoms with E-state index in [2.05, 4.69) is 12.2 Å². The van der Waals surface area contributed by atoms with Crippen molar-refractivity contribution in [2.24, 2.45) is 5.41 Å². The van der Waals surface area contributed by atoms with Crippen LogP contribution in [0.1, 0.15) is 32.6 Å². The van der Waals surface area contributed by atoms with Crippen LogP contribution < -0.4 is 5.32 Å². The molecular weight excluding hydrogens is 274 g/mol. The molecular formula is C15H25NO5.